The Hall–Kier alpha value is -2.53. The third-order valence-corrected chi connectivity index (χ3v) is 3.83. The molecule has 0 atom stereocenters. The maximum atomic E-state index is 11.9. The Morgan fingerprint density at radius 1 is 1.00 bits per heavy atom. The maximum absolute atomic E-state index is 11.9. The third-order valence-electron chi connectivity index (χ3n) is 3.83. The highest BCUT2D eigenvalue weighted by atomic mass is 16.5. The van der Waals surface area contributed by atoms with E-state index < -0.39 is 0 Å². The monoisotopic (exact) mass is 342 g/mol. The fraction of sp³-hybridized carbons (Fsp3) is 0.350. The topological polar surface area (TPSA) is 50.8 Å². The highest BCUT2D eigenvalue weighted by Crippen LogP contribution is 2.25. The number of nitrogens with zero attached hydrogens (tertiary/aromatic N) is 1. The van der Waals surface area contributed by atoms with E-state index in [2.05, 4.69) is 24.4 Å². The van der Waals surface area contributed by atoms with Gasteiger partial charge in [-0.3, -0.25) is 4.79 Å². The number of methoxy groups -OCH3 is 1. The van der Waals surface area contributed by atoms with Gasteiger partial charge in [0, 0.05) is 26.2 Å². The summed E-state index contributed by atoms with van der Waals surface area (Å²) < 4.78 is 10.7. The second-order valence-electron chi connectivity index (χ2n) is 5.73. The van der Waals surface area contributed by atoms with Gasteiger partial charge in [0.15, 0.2) is 18.1 Å². The third kappa shape index (κ3) is 6.47. The number of rotatable bonds is 4. The van der Waals surface area contributed by atoms with Crippen molar-refractivity contribution in [3.05, 3.63) is 60.2 Å². The zero-order chi connectivity index (χ0) is 17.9. The van der Waals surface area contributed by atoms with Crippen molar-refractivity contribution < 1.29 is 14.3 Å². The van der Waals surface area contributed by atoms with Gasteiger partial charge in [-0.2, -0.15) is 0 Å². The fourth-order valence-corrected chi connectivity index (χ4v) is 2.42. The van der Waals surface area contributed by atoms with Gasteiger partial charge in [-0.1, -0.05) is 48.0 Å². The molecule has 1 aliphatic heterocycles. The van der Waals surface area contributed by atoms with E-state index >= 15 is 0 Å². The minimum absolute atomic E-state index is 0.0161. The van der Waals surface area contributed by atoms with E-state index in [1.807, 2.05) is 41.3 Å². The Bertz CT molecular complexity index is 640. The molecule has 1 amide bonds. The number of para-hydroxylation sites is 2. The number of amides is 1. The van der Waals surface area contributed by atoms with E-state index in [4.69, 9.17) is 9.47 Å². The van der Waals surface area contributed by atoms with Crippen molar-refractivity contribution in [3.63, 3.8) is 0 Å². The molecule has 0 saturated carbocycles. The average Bonchev–Trinajstić information content (AvgIpc) is 2.68. The van der Waals surface area contributed by atoms with Crippen LogP contribution >= 0.6 is 0 Å². The molecule has 0 aliphatic carbocycles. The lowest BCUT2D eigenvalue weighted by Gasteiger charge is -2.27. The van der Waals surface area contributed by atoms with Gasteiger partial charge in [-0.05, 0) is 19.1 Å². The lowest BCUT2D eigenvalue weighted by molar-refractivity contribution is -0.133. The fourth-order valence-electron chi connectivity index (χ4n) is 2.42. The van der Waals surface area contributed by atoms with E-state index in [0.717, 1.165) is 26.2 Å². The number of nitrogens with one attached hydrogen (secondary N) is 1. The summed E-state index contributed by atoms with van der Waals surface area (Å²) in [7, 11) is 1.58. The zero-order valence-corrected chi connectivity index (χ0v) is 14.9. The first-order valence-electron chi connectivity index (χ1n) is 8.46. The molecule has 0 aromatic heterocycles. The lowest BCUT2D eigenvalue weighted by atomic mass is 10.2. The smallest absolute Gasteiger partial charge is 0.260 e. The first-order valence-corrected chi connectivity index (χ1v) is 8.46. The summed E-state index contributed by atoms with van der Waals surface area (Å²) in [5.41, 5.74) is 1.32. The molecule has 25 heavy (non-hydrogen) atoms. The van der Waals surface area contributed by atoms with Crippen LogP contribution in [0.25, 0.3) is 0 Å². The first-order chi connectivity index (χ1) is 12.2. The van der Waals surface area contributed by atoms with Gasteiger partial charge in [0.05, 0.1) is 7.11 Å². The normalized spacial score (nSPS) is 13.4. The summed E-state index contributed by atoms with van der Waals surface area (Å²) in [6.07, 6.45) is 0. The van der Waals surface area contributed by atoms with Crippen LogP contribution in [0.4, 0.5) is 0 Å². The minimum Gasteiger partial charge on any atom is -0.493 e. The van der Waals surface area contributed by atoms with E-state index in [-0.39, 0.29) is 12.5 Å². The second-order valence-corrected chi connectivity index (χ2v) is 5.73. The minimum atomic E-state index is 0.0161. The van der Waals surface area contributed by atoms with Crippen LogP contribution in [0.5, 0.6) is 11.5 Å². The van der Waals surface area contributed by atoms with Crippen LogP contribution in [0.2, 0.25) is 0 Å². The predicted octanol–water partition coefficient (Wildman–Crippen LogP) is 2.50. The second kappa shape index (κ2) is 10.4. The molecular formula is C20H26N2O3. The highest BCUT2D eigenvalue weighted by molar-refractivity contribution is 5.78. The Labute approximate surface area is 149 Å². The molecule has 5 heteroatoms. The van der Waals surface area contributed by atoms with Gasteiger partial charge in [-0.25, -0.2) is 0 Å². The molecule has 1 heterocycles. The molecule has 0 unspecified atom stereocenters. The van der Waals surface area contributed by atoms with Crippen molar-refractivity contribution in [1.29, 1.82) is 0 Å². The van der Waals surface area contributed by atoms with Crippen molar-refractivity contribution in [2.75, 3.05) is 39.9 Å². The maximum Gasteiger partial charge on any atom is 0.260 e. The molecule has 2 aromatic carbocycles. The molecule has 3 rings (SSSR count). The molecule has 0 bridgehead atoms. The van der Waals surface area contributed by atoms with Crippen LogP contribution in [0.15, 0.2) is 54.6 Å². The van der Waals surface area contributed by atoms with Crippen LogP contribution < -0.4 is 14.8 Å². The summed E-state index contributed by atoms with van der Waals surface area (Å²) in [6.45, 7) is 5.32. The van der Waals surface area contributed by atoms with E-state index in [0.29, 0.717) is 11.5 Å². The number of piperazine rings is 1. The Morgan fingerprint density at radius 2 is 1.60 bits per heavy atom. The number of benzene rings is 2. The van der Waals surface area contributed by atoms with Crippen LogP contribution in [0.1, 0.15) is 5.56 Å². The summed E-state index contributed by atoms with van der Waals surface area (Å²) in [5, 5.41) is 3.21. The van der Waals surface area contributed by atoms with Crippen molar-refractivity contribution in [1.82, 2.24) is 10.2 Å². The van der Waals surface area contributed by atoms with Crippen molar-refractivity contribution >= 4 is 5.91 Å². The average molecular weight is 342 g/mol. The summed E-state index contributed by atoms with van der Waals surface area (Å²) in [6, 6.07) is 17.6. The molecule has 0 spiro atoms. The molecule has 2 aromatic rings. The molecule has 134 valence electrons. The van der Waals surface area contributed by atoms with Crippen molar-refractivity contribution in [2.45, 2.75) is 6.92 Å². The van der Waals surface area contributed by atoms with Crippen LogP contribution in [-0.4, -0.2) is 50.7 Å². The molecule has 1 saturated heterocycles. The van der Waals surface area contributed by atoms with Gasteiger partial charge >= 0.3 is 0 Å². The highest BCUT2D eigenvalue weighted by Gasteiger charge is 2.17. The van der Waals surface area contributed by atoms with Gasteiger partial charge in [-0.15, -0.1) is 0 Å². The standard InChI is InChI=1S/C13H18N2O3.C7H8/c1-17-11-4-2-3-5-12(11)18-10-13(16)15-8-6-14-7-9-15;1-7-5-3-2-4-6-7/h2-5,14H,6-10H2,1H3;2-6H,1H3. The zero-order valence-electron chi connectivity index (χ0n) is 14.9. The van der Waals surface area contributed by atoms with Crippen LogP contribution in [0.3, 0.4) is 0 Å². The molecule has 1 aliphatic rings. The Morgan fingerprint density at radius 3 is 2.16 bits per heavy atom. The number of ether oxygens (including phenoxy) is 2. The summed E-state index contributed by atoms with van der Waals surface area (Å²) in [5.74, 6) is 1.26. The van der Waals surface area contributed by atoms with Gasteiger partial charge in [0.1, 0.15) is 0 Å². The van der Waals surface area contributed by atoms with Crippen molar-refractivity contribution in [2.24, 2.45) is 0 Å². The van der Waals surface area contributed by atoms with Gasteiger partial charge in [0.25, 0.3) is 5.91 Å². The molecule has 1 fully saturated rings. The number of carbonyl (C=O) groups excluding carboxylic acids is 1. The summed E-state index contributed by atoms with van der Waals surface area (Å²) in [4.78, 5) is 13.7. The molecular weight excluding hydrogens is 316 g/mol. The number of aryl methyl sites for hydroxylation is 1. The van der Waals surface area contributed by atoms with Crippen LogP contribution in [0, 0.1) is 6.92 Å². The molecule has 0 radical (unpaired) electrons. The van der Waals surface area contributed by atoms with Crippen molar-refractivity contribution in [3.8, 4) is 11.5 Å². The molecule has 5 nitrogen and oxygen atoms in total. The largest absolute Gasteiger partial charge is 0.493 e. The SMILES string of the molecule is COc1ccccc1OCC(=O)N1CCNCC1.Cc1ccccc1. The lowest BCUT2D eigenvalue weighted by Crippen LogP contribution is -2.47. The van der Waals surface area contributed by atoms with Crippen LogP contribution in [-0.2, 0) is 4.79 Å². The number of hydrogen-bond acceptors (Lipinski definition) is 4. The quantitative estimate of drug-likeness (QED) is 0.928. The predicted molar refractivity (Wildman–Crippen MR) is 99.1 cm³/mol. The Kier molecular flexibility index (Phi) is 7.79. The van der Waals surface area contributed by atoms with E-state index in [9.17, 15) is 4.79 Å². The van der Waals surface area contributed by atoms with E-state index in [1.54, 1.807) is 13.2 Å². The first kappa shape index (κ1) is 18.8. The number of hydrogen-bond donors (Lipinski definition) is 1. The number of carbonyl (C=O) groups is 1. The Balaban J connectivity index is 0.000000269. The van der Waals surface area contributed by atoms with Gasteiger partial charge in [0.2, 0.25) is 0 Å². The van der Waals surface area contributed by atoms with E-state index in [1.165, 1.54) is 5.56 Å². The summed E-state index contributed by atoms with van der Waals surface area (Å²) >= 11 is 0. The molecule has 1 N–H and O–H groups in total. The van der Waals surface area contributed by atoms with Gasteiger partial charge < -0.3 is 19.7 Å².